The van der Waals surface area contributed by atoms with Crippen LogP contribution in [0.25, 0.3) is 0 Å². The second-order valence-corrected chi connectivity index (χ2v) is 4.64. The number of nitrogens with zero attached hydrogens (tertiary/aromatic N) is 3. The lowest BCUT2D eigenvalue weighted by molar-refractivity contribution is 0.849. The summed E-state index contributed by atoms with van der Waals surface area (Å²) in [6.45, 7) is 3.51. The fourth-order valence-corrected chi connectivity index (χ4v) is 1.96. The first-order valence-corrected chi connectivity index (χ1v) is 7.09. The molecule has 1 heterocycles. The van der Waals surface area contributed by atoms with Crippen molar-refractivity contribution in [1.82, 2.24) is 15.0 Å². The van der Waals surface area contributed by atoms with E-state index in [4.69, 9.17) is 11.6 Å². The summed E-state index contributed by atoms with van der Waals surface area (Å²) in [4.78, 5) is 12.3. The molecule has 0 aliphatic rings. The molecule has 1 aromatic heterocycles. The van der Waals surface area contributed by atoms with Crippen molar-refractivity contribution < 1.29 is 0 Å². The maximum atomic E-state index is 5.85. The van der Waals surface area contributed by atoms with Gasteiger partial charge in [0, 0.05) is 13.1 Å². The van der Waals surface area contributed by atoms with Crippen LogP contribution in [0.3, 0.4) is 0 Å². The molecule has 2 N–H and O–H groups in total. The first-order chi connectivity index (χ1) is 9.78. The predicted molar refractivity (Wildman–Crippen MR) is 82.3 cm³/mol. The molecule has 0 fully saturated rings. The molecule has 0 saturated heterocycles. The number of nitrogens with one attached hydrogen (secondary N) is 2. The van der Waals surface area contributed by atoms with Gasteiger partial charge in [-0.3, -0.25) is 0 Å². The molecule has 5 nitrogen and oxygen atoms in total. The van der Waals surface area contributed by atoms with E-state index < -0.39 is 0 Å². The van der Waals surface area contributed by atoms with E-state index in [0.29, 0.717) is 11.9 Å². The average molecular weight is 292 g/mol. The molecule has 2 rings (SSSR count). The second-order valence-electron chi connectivity index (χ2n) is 4.30. The van der Waals surface area contributed by atoms with Gasteiger partial charge in [0.2, 0.25) is 17.2 Å². The molecule has 0 unspecified atom stereocenters. The molecule has 0 amide bonds. The van der Waals surface area contributed by atoms with Gasteiger partial charge in [-0.05, 0) is 36.9 Å². The van der Waals surface area contributed by atoms with Crippen LogP contribution in [0.4, 0.5) is 11.9 Å². The van der Waals surface area contributed by atoms with Crippen molar-refractivity contribution in [2.24, 2.45) is 0 Å². The molecule has 0 spiro atoms. The summed E-state index contributed by atoms with van der Waals surface area (Å²) in [5.74, 6) is 1.01. The number of aromatic nitrogens is 3. The van der Waals surface area contributed by atoms with Gasteiger partial charge in [-0.25, -0.2) is 0 Å². The topological polar surface area (TPSA) is 62.7 Å². The Labute approximate surface area is 123 Å². The zero-order valence-corrected chi connectivity index (χ0v) is 12.2. The Morgan fingerprint density at radius 1 is 1.00 bits per heavy atom. The minimum absolute atomic E-state index is 0.196. The Bertz CT molecular complexity index is 532. The zero-order chi connectivity index (χ0) is 14.2. The van der Waals surface area contributed by atoms with E-state index >= 15 is 0 Å². The molecular weight excluding hydrogens is 274 g/mol. The highest BCUT2D eigenvalue weighted by molar-refractivity contribution is 6.28. The van der Waals surface area contributed by atoms with Crippen LogP contribution in [0.5, 0.6) is 0 Å². The molecule has 0 atom stereocenters. The highest BCUT2D eigenvalue weighted by Gasteiger charge is 2.03. The predicted octanol–water partition coefficient (Wildman–Crippen LogP) is 3.00. The molecule has 106 valence electrons. The van der Waals surface area contributed by atoms with Gasteiger partial charge in [-0.1, -0.05) is 30.3 Å². The smallest absolute Gasteiger partial charge is 0.228 e. The number of rotatable bonds is 7. The average Bonchev–Trinajstić information content (AvgIpc) is 2.45. The number of benzene rings is 1. The third-order valence-corrected chi connectivity index (χ3v) is 2.88. The van der Waals surface area contributed by atoms with Crippen molar-refractivity contribution in [1.29, 1.82) is 0 Å². The summed E-state index contributed by atoms with van der Waals surface area (Å²) in [5, 5.41) is 6.38. The van der Waals surface area contributed by atoms with Gasteiger partial charge in [0.1, 0.15) is 0 Å². The van der Waals surface area contributed by atoms with Gasteiger partial charge in [0.05, 0.1) is 0 Å². The van der Waals surface area contributed by atoms with Crippen LogP contribution in [0.2, 0.25) is 5.28 Å². The minimum Gasteiger partial charge on any atom is -0.354 e. The van der Waals surface area contributed by atoms with E-state index in [1.54, 1.807) is 0 Å². The fraction of sp³-hybridized carbons (Fsp3) is 0.357. The first kappa shape index (κ1) is 14.5. The van der Waals surface area contributed by atoms with Gasteiger partial charge >= 0.3 is 0 Å². The molecule has 20 heavy (non-hydrogen) atoms. The third kappa shape index (κ3) is 4.66. The maximum Gasteiger partial charge on any atom is 0.228 e. The molecule has 1 aromatic carbocycles. The van der Waals surface area contributed by atoms with Crippen LogP contribution in [0.15, 0.2) is 30.3 Å². The van der Waals surface area contributed by atoms with Crippen molar-refractivity contribution >= 4 is 23.5 Å². The largest absolute Gasteiger partial charge is 0.354 e. The molecule has 6 heteroatoms. The molecule has 0 aliphatic heterocycles. The zero-order valence-electron chi connectivity index (χ0n) is 11.4. The van der Waals surface area contributed by atoms with Gasteiger partial charge in [0.15, 0.2) is 0 Å². The number of halogens is 1. The van der Waals surface area contributed by atoms with E-state index in [9.17, 15) is 0 Å². The van der Waals surface area contributed by atoms with Crippen LogP contribution in [0.1, 0.15) is 18.9 Å². The molecule has 0 aliphatic carbocycles. The van der Waals surface area contributed by atoms with Crippen molar-refractivity contribution in [3.63, 3.8) is 0 Å². The Morgan fingerprint density at radius 3 is 2.40 bits per heavy atom. The third-order valence-electron chi connectivity index (χ3n) is 2.71. The quantitative estimate of drug-likeness (QED) is 0.768. The summed E-state index contributed by atoms with van der Waals surface area (Å²) in [7, 11) is 0. The number of aryl methyl sites for hydroxylation is 1. The van der Waals surface area contributed by atoms with Crippen LogP contribution in [0, 0.1) is 0 Å². The SMILES string of the molecule is CCNc1nc(Cl)nc(NCCCc2ccccc2)n1. The van der Waals surface area contributed by atoms with Gasteiger partial charge in [0.25, 0.3) is 0 Å². The van der Waals surface area contributed by atoms with Crippen LogP contribution in [-0.2, 0) is 6.42 Å². The highest BCUT2D eigenvalue weighted by atomic mass is 35.5. The van der Waals surface area contributed by atoms with Crippen molar-refractivity contribution in [3.8, 4) is 0 Å². The lowest BCUT2D eigenvalue weighted by Crippen LogP contribution is -2.10. The minimum atomic E-state index is 0.196. The van der Waals surface area contributed by atoms with Crippen molar-refractivity contribution in [2.75, 3.05) is 23.7 Å². The summed E-state index contributed by atoms with van der Waals surface area (Å²) in [6, 6.07) is 10.4. The van der Waals surface area contributed by atoms with Crippen molar-refractivity contribution in [3.05, 3.63) is 41.2 Å². The van der Waals surface area contributed by atoms with E-state index in [-0.39, 0.29) is 5.28 Å². The number of hydrogen-bond donors (Lipinski definition) is 2. The van der Waals surface area contributed by atoms with Crippen LogP contribution < -0.4 is 10.6 Å². The highest BCUT2D eigenvalue weighted by Crippen LogP contribution is 2.09. The standard InChI is InChI=1S/C14H18ClN5/c1-2-16-13-18-12(15)19-14(20-13)17-10-6-9-11-7-4-3-5-8-11/h3-5,7-8H,2,6,9-10H2,1H3,(H2,16,17,18,19,20). The maximum absolute atomic E-state index is 5.85. The summed E-state index contributed by atoms with van der Waals surface area (Å²) < 4.78 is 0. The number of anilines is 2. The molecule has 2 aromatic rings. The normalized spacial score (nSPS) is 10.3. The van der Waals surface area contributed by atoms with E-state index in [1.165, 1.54) is 5.56 Å². The van der Waals surface area contributed by atoms with Crippen molar-refractivity contribution in [2.45, 2.75) is 19.8 Å². The van der Waals surface area contributed by atoms with Crippen LogP contribution >= 0.6 is 11.6 Å². The Balaban J connectivity index is 1.81. The summed E-state index contributed by atoms with van der Waals surface area (Å²) in [6.07, 6.45) is 2.02. The Morgan fingerprint density at radius 2 is 1.70 bits per heavy atom. The lowest BCUT2D eigenvalue weighted by Gasteiger charge is -2.07. The molecule has 0 bridgehead atoms. The summed E-state index contributed by atoms with van der Waals surface area (Å²) in [5.41, 5.74) is 1.33. The first-order valence-electron chi connectivity index (χ1n) is 6.71. The molecule has 0 saturated carbocycles. The fourth-order valence-electron chi connectivity index (χ4n) is 1.80. The molecule has 0 radical (unpaired) electrons. The number of hydrogen-bond acceptors (Lipinski definition) is 5. The van der Waals surface area contributed by atoms with Gasteiger partial charge < -0.3 is 10.6 Å². The Kier molecular flexibility index (Phi) is 5.55. The molecular formula is C14H18ClN5. The van der Waals surface area contributed by atoms with Gasteiger partial charge in [-0.2, -0.15) is 15.0 Å². The lowest BCUT2D eigenvalue weighted by atomic mass is 10.1. The van der Waals surface area contributed by atoms with Gasteiger partial charge in [-0.15, -0.1) is 0 Å². The van der Waals surface area contributed by atoms with E-state index in [2.05, 4.69) is 49.9 Å². The second kappa shape index (κ2) is 7.65. The monoisotopic (exact) mass is 291 g/mol. The van der Waals surface area contributed by atoms with E-state index in [1.807, 2.05) is 13.0 Å². The van der Waals surface area contributed by atoms with Crippen LogP contribution in [-0.4, -0.2) is 28.0 Å². The van der Waals surface area contributed by atoms with E-state index in [0.717, 1.165) is 25.9 Å². The Hall–Kier alpha value is -1.88. The summed E-state index contributed by atoms with van der Waals surface area (Å²) >= 11 is 5.85.